The molecule has 2 heterocycles. The van der Waals surface area contributed by atoms with E-state index in [1.807, 2.05) is 0 Å². The van der Waals surface area contributed by atoms with Crippen LogP contribution in [0.2, 0.25) is 5.28 Å². The van der Waals surface area contributed by atoms with Gasteiger partial charge < -0.3 is 34.7 Å². The van der Waals surface area contributed by atoms with Gasteiger partial charge in [0.15, 0.2) is 23.4 Å². The normalized spacial score (nSPS) is 26.6. The van der Waals surface area contributed by atoms with Crippen molar-refractivity contribution in [1.82, 2.24) is 14.6 Å². The Morgan fingerprint density at radius 1 is 1.13 bits per heavy atom. The first kappa shape index (κ1) is 28.5. The van der Waals surface area contributed by atoms with Crippen molar-refractivity contribution in [2.75, 3.05) is 17.8 Å². The minimum atomic E-state index is -4.82. The number of nitrogens with zero attached hydrogens (tertiary/aromatic N) is 3. The lowest BCUT2D eigenvalue weighted by atomic mass is 10.0. The lowest BCUT2D eigenvalue weighted by Gasteiger charge is -2.19. The number of anilines is 1. The summed E-state index contributed by atoms with van der Waals surface area (Å²) in [5, 5.41) is 28.6. The second-order valence-corrected chi connectivity index (χ2v) is 14.1. The zero-order valence-corrected chi connectivity index (χ0v) is 22.6. The van der Waals surface area contributed by atoms with Crippen molar-refractivity contribution in [2.24, 2.45) is 5.92 Å². The largest absolute Gasteiger partial charge is 0.390 e. The number of hydrogen-bond acceptors (Lipinski definition) is 8. The average molecular weight is 609 g/mol. The van der Waals surface area contributed by atoms with E-state index in [9.17, 15) is 33.0 Å². The maximum atomic E-state index is 13.9. The van der Waals surface area contributed by atoms with Gasteiger partial charge in [-0.1, -0.05) is 0 Å². The van der Waals surface area contributed by atoms with E-state index in [-0.39, 0.29) is 17.7 Å². The molecule has 0 bridgehead atoms. The SMILES string of the molecule is O=P(O)(O)CP(=O)(O)OC[C@H]1C[C@@H](c2ccc3c(N[C@H]4CCc5cc(F)c(F)cc54)nc(Cl)nn23)[C@H](O)[C@@H]1O. The highest BCUT2D eigenvalue weighted by Gasteiger charge is 2.45. The van der Waals surface area contributed by atoms with Crippen molar-refractivity contribution >= 4 is 38.1 Å². The fraction of sp³-hybridized carbons (Fsp3) is 0.455. The van der Waals surface area contributed by atoms with Gasteiger partial charge in [-0.05, 0) is 66.3 Å². The van der Waals surface area contributed by atoms with Crippen LogP contribution in [0.25, 0.3) is 5.52 Å². The molecule has 39 heavy (non-hydrogen) atoms. The molecule has 2 aliphatic rings. The summed E-state index contributed by atoms with van der Waals surface area (Å²) < 4.78 is 56.9. The quantitative estimate of drug-likeness (QED) is 0.206. The van der Waals surface area contributed by atoms with E-state index in [4.69, 9.17) is 25.9 Å². The predicted molar refractivity (Wildman–Crippen MR) is 135 cm³/mol. The van der Waals surface area contributed by atoms with E-state index in [1.54, 1.807) is 12.1 Å². The average Bonchev–Trinajstić information content (AvgIpc) is 3.48. The fourth-order valence-electron chi connectivity index (χ4n) is 5.36. The Hall–Kier alpha value is -1.99. The number of aromatic nitrogens is 3. The van der Waals surface area contributed by atoms with Crippen LogP contribution in [0.15, 0.2) is 24.3 Å². The third kappa shape index (κ3) is 5.90. The van der Waals surface area contributed by atoms with Crippen LogP contribution in [-0.2, 0) is 20.1 Å². The maximum absolute atomic E-state index is 13.9. The smallest absolute Gasteiger partial charge is 0.340 e. The molecule has 0 radical (unpaired) electrons. The predicted octanol–water partition coefficient (Wildman–Crippen LogP) is 2.92. The Balaban J connectivity index is 1.37. The summed E-state index contributed by atoms with van der Waals surface area (Å²) in [7, 11) is -9.46. The number of benzene rings is 1. The number of fused-ring (bicyclic) bond motifs is 2. The first-order chi connectivity index (χ1) is 18.2. The molecule has 1 unspecified atom stereocenters. The Labute approximate surface area is 225 Å². The molecule has 6 N–H and O–H groups in total. The summed E-state index contributed by atoms with van der Waals surface area (Å²) in [4.78, 5) is 31.9. The molecule has 2 aromatic heterocycles. The number of aliphatic hydroxyl groups excluding tert-OH is 2. The van der Waals surface area contributed by atoms with Crippen LogP contribution < -0.4 is 5.32 Å². The summed E-state index contributed by atoms with van der Waals surface area (Å²) in [6.07, 6.45) is -1.49. The second kappa shape index (κ2) is 10.4. The molecule has 5 rings (SSSR count). The molecule has 2 aliphatic carbocycles. The molecule has 1 aromatic carbocycles. The van der Waals surface area contributed by atoms with Crippen LogP contribution in [0, 0.1) is 17.6 Å². The van der Waals surface area contributed by atoms with Gasteiger partial charge >= 0.3 is 15.2 Å². The molecule has 0 aliphatic heterocycles. The van der Waals surface area contributed by atoms with E-state index in [0.717, 1.165) is 6.07 Å². The van der Waals surface area contributed by atoms with Crippen molar-refractivity contribution in [3.63, 3.8) is 0 Å². The Morgan fingerprint density at radius 2 is 1.85 bits per heavy atom. The lowest BCUT2D eigenvalue weighted by Crippen LogP contribution is -2.29. The molecule has 3 aromatic rings. The Morgan fingerprint density at radius 3 is 2.56 bits per heavy atom. The van der Waals surface area contributed by atoms with Gasteiger partial charge in [0, 0.05) is 17.5 Å². The van der Waals surface area contributed by atoms with Gasteiger partial charge in [-0.2, -0.15) is 4.98 Å². The van der Waals surface area contributed by atoms with Gasteiger partial charge in [0.25, 0.3) is 0 Å². The highest BCUT2D eigenvalue weighted by Crippen LogP contribution is 2.56. The van der Waals surface area contributed by atoms with Crippen LogP contribution >= 0.6 is 26.8 Å². The van der Waals surface area contributed by atoms with E-state index < -0.39 is 63.4 Å². The van der Waals surface area contributed by atoms with Gasteiger partial charge in [0.05, 0.1) is 24.9 Å². The third-order valence-electron chi connectivity index (χ3n) is 7.12. The van der Waals surface area contributed by atoms with Gasteiger partial charge in [0.2, 0.25) is 5.28 Å². The number of rotatable bonds is 8. The number of halogens is 3. The van der Waals surface area contributed by atoms with Crippen LogP contribution in [-0.4, -0.2) is 64.2 Å². The molecule has 1 fully saturated rings. The molecule has 1 saturated carbocycles. The molecule has 17 heteroatoms. The van der Waals surface area contributed by atoms with E-state index in [2.05, 4.69) is 15.4 Å². The monoisotopic (exact) mass is 608 g/mol. The number of aryl methyl sites for hydroxylation is 1. The molecule has 212 valence electrons. The summed E-state index contributed by atoms with van der Waals surface area (Å²) in [5.41, 5.74) is 2.20. The molecule has 0 saturated heterocycles. The van der Waals surface area contributed by atoms with Gasteiger partial charge in [-0.3, -0.25) is 9.13 Å². The minimum absolute atomic E-state index is 0.0928. The zero-order valence-electron chi connectivity index (χ0n) is 20.1. The summed E-state index contributed by atoms with van der Waals surface area (Å²) in [6.45, 7) is -0.521. The topological polar surface area (TPSA) is 187 Å². The van der Waals surface area contributed by atoms with Gasteiger partial charge in [0.1, 0.15) is 5.52 Å². The molecule has 0 spiro atoms. The van der Waals surface area contributed by atoms with Crippen molar-refractivity contribution in [1.29, 1.82) is 0 Å². The van der Waals surface area contributed by atoms with Gasteiger partial charge in [-0.15, -0.1) is 5.10 Å². The first-order valence-corrected chi connectivity index (χ1v) is 15.8. The van der Waals surface area contributed by atoms with Gasteiger partial charge in [-0.25, -0.2) is 13.3 Å². The summed E-state index contributed by atoms with van der Waals surface area (Å²) in [5.74, 6) is -4.45. The van der Waals surface area contributed by atoms with Crippen molar-refractivity contribution in [2.45, 2.75) is 43.4 Å². The number of hydrogen-bond donors (Lipinski definition) is 6. The summed E-state index contributed by atoms with van der Waals surface area (Å²) in [6, 6.07) is 5.28. The molecular weight excluding hydrogens is 584 g/mol. The Kier molecular flexibility index (Phi) is 7.64. The van der Waals surface area contributed by atoms with Crippen molar-refractivity contribution in [3.8, 4) is 0 Å². The van der Waals surface area contributed by atoms with Crippen LogP contribution in [0.3, 0.4) is 0 Å². The fourth-order valence-corrected chi connectivity index (χ4v) is 8.13. The number of aliphatic hydroxyl groups is 2. The number of nitrogens with one attached hydrogen (secondary N) is 1. The summed E-state index contributed by atoms with van der Waals surface area (Å²) >= 11 is 6.19. The molecule has 0 amide bonds. The van der Waals surface area contributed by atoms with Crippen molar-refractivity contribution in [3.05, 3.63) is 58.0 Å². The van der Waals surface area contributed by atoms with Crippen LogP contribution in [0.4, 0.5) is 14.6 Å². The standard InChI is InChI=1S/C22H25ClF2N4O8P2/c23-22-27-21(26-16-2-1-10-6-14(24)15(25)7-12(10)16)18-4-3-17(29(18)28-22)13-5-11(19(30)20(13)31)8-37-39(35,36)9-38(32,33)34/h3-4,6-7,11,13,16,19-20,30-31H,1-2,5,8-9H2,(H,35,36)(H,26,27,28)(H2,32,33,34)/t11-,13+,16+,19-,20+/m1/s1. The van der Waals surface area contributed by atoms with E-state index >= 15 is 0 Å². The molecule has 6 atom stereocenters. The first-order valence-electron chi connectivity index (χ1n) is 11.9. The highest BCUT2D eigenvalue weighted by atomic mass is 35.5. The molecule has 12 nitrogen and oxygen atoms in total. The van der Waals surface area contributed by atoms with Crippen LogP contribution in [0.5, 0.6) is 0 Å². The van der Waals surface area contributed by atoms with Crippen molar-refractivity contribution < 1.29 is 47.3 Å². The maximum Gasteiger partial charge on any atom is 0.340 e. The Bertz CT molecular complexity index is 1520. The van der Waals surface area contributed by atoms with E-state index in [0.29, 0.717) is 41.0 Å². The molecular formula is C22H25ClF2N4O8P2. The minimum Gasteiger partial charge on any atom is -0.390 e. The third-order valence-corrected chi connectivity index (χ3v) is 10.7. The van der Waals surface area contributed by atoms with E-state index in [1.165, 1.54) is 10.6 Å². The zero-order chi connectivity index (χ0) is 28.3. The lowest BCUT2D eigenvalue weighted by molar-refractivity contribution is 0.00366. The van der Waals surface area contributed by atoms with Crippen LogP contribution in [0.1, 0.15) is 41.6 Å². The second-order valence-electron chi connectivity index (χ2n) is 9.81. The highest BCUT2D eigenvalue weighted by molar-refractivity contribution is 7.70.